The molecule has 1 amide bonds. The number of nitrogens with two attached hydrogens (primary N) is 1. The van der Waals surface area contributed by atoms with E-state index in [0.29, 0.717) is 6.54 Å². The van der Waals surface area contributed by atoms with E-state index in [9.17, 15) is 9.90 Å². The highest BCUT2D eigenvalue weighted by Crippen LogP contribution is 2.29. The Labute approximate surface area is 141 Å². The number of hydrogen-bond donors (Lipinski definition) is 3. The van der Waals surface area contributed by atoms with Gasteiger partial charge >= 0.3 is 0 Å². The van der Waals surface area contributed by atoms with Crippen molar-refractivity contribution in [1.29, 1.82) is 0 Å². The summed E-state index contributed by atoms with van der Waals surface area (Å²) < 4.78 is 1.49. The fraction of sp³-hybridized carbons (Fsp3) is 0.375. The SMILES string of the molecule is Cl.NCC1(NC(=O)c2nn(-c3ccccc3)cc2O)CCCC1. The third kappa shape index (κ3) is 3.48. The van der Waals surface area contributed by atoms with E-state index in [2.05, 4.69) is 10.4 Å². The second kappa shape index (κ2) is 7.02. The summed E-state index contributed by atoms with van der Waals surface area (Å²) in [5.41, 5.74) is 6.28. The molecule has 0 unspecified atom stereocenters. The molecule has 2 aromatic rings. The molecule has 0 aliphatic heterocycles. The van der Waals surface area contributed by atoms with Gasteiger partial charge < -0.3 is 16.2 Å². The number of aromatic hydroxyl groups is 1. The molecule has 1 aliphatic carbocycles. The number of rotatable bonds is 4. The molecule has 0 atom stereocenters. The Morgan fingerprint density at radius 3 is 2.57 bits per heavy atom. The molecule has 1 aliphatic rings. The van der Waals surface area contributed by atoms with Crippen molar-refractivity contribution in [3.05, 3.63) is 42.2 Å². The van der Waals surface area contributed by atoms with Crippen molar-refractivity contribution >= 4 is 18.3 Å². The maximum absolute atomic E-state index is 12.4. The normalized spacial score (nSPS) is 15.9. The molecule has 4 N–H and O–H groups in total. The largest absolute Gasteiger partial charge is 0.504 e. The van der Waals surface area contributed by atoms with Crippen LogP contribution in [0.3, 0.4) is 0 Å². The molecular formula is C16H21ClN4O2. The Hall–Kier alpha value is -2.05. The van der Waals surface area contributed by atoms with E-state index in [1.807, 2.05) is 30.3 Å². The fourth-order valence-corrected chi connectivity index (χ4v) is 2.97. The second-order valence-corrected chi connectivity index (χ2v) is 5.79. The Balaban J connectivity index is 0.00000192. The van der Waals surface area contributed by atoms with Gasteiger partial charge in [-0.15, -0.1) is 12.4 Å². The van der Waals surface area contributed by atoms with Crippen molar-refractivity contribution in [3.63, 3.8) is 0 Å². The van der Waals surface area contributed by atoms with Gasteiger partial charge in [-0.3, -0.25) is 4.79 Å². The monoisotopic (exact) mass is 336 g/mol. The lowest BCUT2D eigenvalue weighted by Gasteiger charge is -2.28. The van der Waals surface area contributed by atoms with Gasteiger partial charge in [-0.05, 0) is 25.0 Å². The Bertz CT molecular complexity index is 666. The second-order valence-electron chi connectivity index (χ2n) is 5.79. The van der Waals surface area contributed by atoms with Crippen LogP contribution in [0, 0.1) is 0 Å². The van der Waals surface area contributed by atoms with Crippen LogP contribution in [-0.2, 0) is 0 Å². The lowest BCUT2D eigenvalue weighted by Crippen LogP contribution is -2.51. The van der Waals surface area contributed by atoms with Gasteiger partial charge in [0.15, 0.2) is 11.4 Å². The molecule has 7 heteroatoms. The zero-order valence-corrected chi connectivity index (χ0v) is 13.6. The van der Waals surface area contributed by atoms with Gasteiger partial charge in [0.25, 0.3) is 5.91 Å². The number of benzene rings is 1. The molecule has 0 radical (unpaired) electrons. The number of amides is 1. The molecule has 1 heterocycles. The smallest absolute Gasteiger partial charge is 0.276 e. The maximum atomic E-state index is 12.4. The summed E-state index contributed by atoms with van der Waals surface area (Å²) in [6.07, 6.45) is 5.29. The summed E-state index contributed by atoms with van der Waals surface area (Å²) in [7, 11) is 0. The van der Waals surface area contributed by atoms with Gasteiger partial charge in [-0.25, -0.2) is 4.68 Å². The molecule has 1 aromatic carbocycles. The molecule has 6 nitrogen and oxygen atoms in total. The highest BCUT2D eigenvalue weighted by Gasteiger charge is 2.35. The van der Waals surface area contributed by atoms with Crippen LogP contribution in [-0.4, -0.2) is 32.9 Å². The van der Waals surface area contributed by atoms with Gasteiger partial charge in [0, 0.05) is 6.54 Å². The number of carbonyl (C=O) groups excluding carboxylic acids is 1. The van der Waals surface area contributed by atoms with Crippen LogP contribution in [0.15, 0.2) is 36.5 Å². The third-order valence-electron chi connectivity index (χ3n) is 4.26. The lowest BCUT2D eigenvalue weighted by molar-refractivity contribution is 0.0895. The van der Waals surface area contributed by atoms with Crippen molar-refractivity contribution in [2.45, 2.75) is 31.2 Å². The minimum absolute atomic E-state index is 0. The summed E-state index contributed by atoms with van der Waals surface area (Å²) in [6, 6.07) is 9.34. The average Bonchev–Trinajstić information content (AvgIpc) is 3.15. The number of nitrogens with zero attached hydrogens (tertiary/aromatic N) is 2. The predicted octanol–water partition coefficient (Wildman–Crippen LogP) is 2.00. The molecule has 124 valence electrons. The van der Waals surface area contributed by atoms with Gasteiger partial charge in [-0.2, -0.15) is 5.10 Å². The standard InChI is InChI=1S/C16H20N4O2.ClH/c17-11-16(8-4-5-9-16)18-15(22)14-13(21)10-20(19-14)12-6-2-1-3-7-12;/h1-3,6-7,10,21H,4-5,8-9,11,17H2,(H,18,22);1H. The topological polar surface area (TPSA) is 93.2 Å². The Morgan fingerprint density at radius 2 is 1.96 bits per heavy atom. The minimum Gasteiger partial charge on any atom is -0.504 e. The number of nitrogens with one attached hydrogen (secondary N) is 1. The Kier molecular flexibility index (Phi) is 5.28. The molecule has 1 fully saturated rings. The van der Waals surface area contributed by atoms with E-state index < -0.39 is 0 Å². The zero-order chi connectivity index (χ0) is 15.6. The maximum Gasteiger partial charge on any atom is 0.276 e. The summed E-state index contributed by atoms with van der Waals surface area (Å²) >= 11 is 0. The van der Waals surface area contributed by atoms with Crippen molar-refractivity contribution in [2.75, 3.05) is 6.54 Å². The van der Waals surface area contributed by atoms with Crippen molar-refractivity contribution in [3.8, 4) is 11.4 Å². The number of hydrogen-bond acceptors (Lipinski definition) is 4. The highest BCUT2D eigenvalue weighted by atomic mass is 35.5. The predicted molar refractivity (Wildman–Crippen MR) is 90.2 cm³/mol. The molecular weight excluding hydrogens is 316 g/mol. The number of halogens is 1. The fourth-order valence-electron chi connectivity index (χ4n) is 2.97. The van der Waals surface area contributed by atoms with E-state index in [1.54, 1.807) is 0 Å². The van der Waals surface area contributed by atoms with Crippen LogP contribution >= 0.6 is 12.4 Å². The molecule has 1 aromatic heterocycles. The lowest BCUT2D eigenvalue weighted by atomic mass is 9.97. The first-order chi connectivity index (χ1) is 10.6. The molecule has 0 bridgehead atoms. The number of carbonyl (C=O) groups is 1. The first-order valence-corrected chi connectivity index (χ1v) is 7.50. The summed E-state index contributed by atoms with van der Waals surface area (Å²) in [5.74, 6) is -0.508. The van der Waals surface area contributed by atoms with Crippen LogP contribution in [0.25, 0.3) is 5.69 Å². The van der Waals surface area contributed by atoms with Gasteiger partial charge in [0.05, 0.1) is 17.4 Å². The number of para-hydroxylation sites is 1. The van der Waals surface area contributed by atoms with Gasteiger partial charge in [0.2, 0.25) is 0 Å². The van der Waals surface area contributed by atoms with E-state index in [-0.39, 0.29) is 35.3 Å². The quantitative estimate of drug-likeness (QED) is 0.796. The summed E-state index contributed by atoms with van der Waals surface area (Å²) in [6.45, 7) is 0.402. The Morgan fingerprint density at radius 1 is 1.30 bits per heavy atom. The molecule has 1 saturated carbocycles. The van der Waals surface area contributed by atoms with Crippen LogP contribution in [0.2, 0.25) is 0 Å². The van der Waals surface area contributed by atoms with E-state index in [0.717, 1.165) is 31.4 Å². The highest BCUT2D eigenvalue weighted by molar-refractivity contribution is 5.95. The average molecular weight is 337 g/mol. The molecule has 0 saturated heterocycles. The van der Waals surface area contributed by atoms with Crippen LogP contribution in [0.4, 0.5) is 0 Å². The van der Waals surface area contributed by atoms with Crippen molar-refractivity contribution < 1.29 is 9.90 Å². The van der Waals surface area contributed by atoms with E-state index in [1.165, 1.54) is 10.9 Å². The summed E-state index contributed by atoms with van der Waals surface area (Å²) in [5, 5.41) is 17.2. The summed E-state index contributed by atoms with van der Waals surface area (Å²) in [4.78, 5) is 12.4. The van der Waals surface area contributed by atoms with Crippen LogP contribution in [0.5, 0.6) is 5.75 Å². The van der Waals surface area contributed by atoms with Gasteiger partial charge in [-0.1, -0.05) is 31.0 Å². The van der Waals surface area contributed by atoms with Crippen LogP contribution < -0.4 is 11.1 Å². The van der Waals surface area contributed by atoms with Gasteiger partial charge in [0.1, 0.15) is 0 Å². The first kappa shape index (κ1) is 17.3. The van der Waals surface area contributed by atoms with E-state index >= 15 is 0 Å². The molecule has 23 heavy (non-hydrogen) atoms. The van der Waals surface area contributed by atoms with Crippen LogP contribution in [0.1, 0.15) is 36.2 Å². The van der Waals surface area contributed by atoms with Crippen molar-refractivity contribution in [1.82, 2.24) is 15.1 Å². The number of aromatic nitrogens is 2. The molecule has 3 rings (SSSR count). The van der Waals surface area contributed by atoms with E-state index in [4.69, 9.17) is 5.73 Å². The molecule has 0 spiro atoms. The third-order valence-corrected chi connectivity index (χ3v) is 4.26. The first-order valence-electron chi connectivity index (χ1n) is 7.50. The zero-order valence-electron chi connectivity index (χ0n) is 12.7. The minimum atomic E-state index is -0.375. The van der Waals surface area contributed by atoms with Crippen molar-refractivity contribution in [2.24, 2.45) is 5.73 Å².